The molecule has 0 saturated heterocycles. The van der Waals surface area contributed by atoms with Crippen molar-refractivity contribution in [2.45, 2.75) is 12.8 Å². The average molecular weight is 294 g/mol. The zero-order valence-electron chi connectivity index (χ0n) is 12.1. The number of carbonyl (C=O) groups is 1. The number of allylic oxidation sites excluding steroid dienone is 2. The number of aliphatic hydroxyl groups excluding tert-OH is 2. The van der Waals surface area contributed by atoms with Gasteiger partial charge in [0.25, 0.3) is 0 Å². The van der Waals surface area contributed by atoms with Crippen molar-refractivity contribution in [3.63, 3.8) is 0 Å². The summed E-state index contributed by atoms with van der Waals surface area (Å²) in [6.07, 6.45) is 3.23. The van der Waals surface area contributed by atoms with Gasteiger partial charge in [-0.05, 0) is 12.2 Å². The molecular weight excluding hydrogens is 276 g/mol. The van der Waals surface area contributed by atoms with E-state index in [-0.39, 0.29) is 30.1 Å². The molecule has 0 spiro atoms. The van der Waals surface area contributed by atoms with Gasteiger partial charge in [0.1, 0.15) is 17.3 Å². The van der Waals surface area contributed by atoms with Crippen LogP contribution in [-0.4, -0.2) is 16.0 Å². The second-order valence-corrected chi connectivity index (χ2v) is 4.86. The van der Waals surface area contributed by atoms with Crippen LogP contribution in [0.25, 0.3) is 11.5 Å². The molecule has 0 aliphatic heterocycles. The van der Waals surface area contributed by atoms with Gasteiger partial charge in [-0.1, -0.05) is 60.7 Å². The first-order valence-corrected chi connectivity index (χ1v) is 7.07. The highest BCUT2D eigenvalue weighted by Crippen LogP contribution is 2.13. The van der Waals surface area contributed by atoms with Gasteiger partial charge >= 0.3 is 0 Å². The Morgan fingerprint density at radius 2 is 1.09 bits per heavy atom. The smallest absolute Gasteiger partial charge is 0.140 e. The number of hydrogen-bond donors (Lipinski definition) is 2. The van der Waals surface area contributed by atoms with E-state index in [4.69, 9.17) is 0 Å². The quantitative estimate of drug-likeness (QED) is 0.769. The Morgan fingerprint density at radius 1 is 0.727 bits per heavy atom. The third kappa shape index (κ3) is 4.63. The van der Waals surface area contributed by atoms with Crippen LogP contribution in [0.4, 0.5) is 0 Å². The predicted molar refractivity (Wildman–Crippen MR) is 88.3 cm³/mol. The van der Waals surface area contributed by atoms with Crippen LogP contribution in [0.5, 0.6) is 0 Å². The van der Waals surface area contributed by atoms with Crippen molar-refractivity contribution in [1.29, 1.82) is 0 Å². The van der Waals surface area contributed by atoms with Gasteiger partial charge in [0, 0.05) is 24.0 Å². The lowest BCUT2D eigenvalue weighted by molar-refractivity contribution is -0.117. The fourth-order valence-corrected chi connectivity index (χ4v) is 1.96. The van der Waals surface area contributed by atoms with Crippen molar-refractivity contribution in [3.05, 3.63) is 83.9 Å². The Balaban J connectivity index is 1.91. The highest BCUT2D eigenvalue weighted by atomic mass is 16.3. The van der Waals surface area contributed by atoms with E-state index in [0.29, 0.717) is 11.1 Å². The molecule has 0 radical (unpaired) electrons. The Bertz CT molecular complexity index is 611. The zero-order valence-corrected chi connectivity index (χ0v) is 12.1. The van der Waals surface area contributed by atoms with Crippen molar-refractivity contribution in [1.82, 2.24) is 0 Å². The first-order chi connectivity index (χ1) is 10.7. The maximum absolute atomic E-state index is 11.8. The molecule has 2 aromatic carbocycles. The van der Waals surface area contributed by atoms with E-state index < -0.39 is 0 Å². The Kier molecular flexibility index (Phi) is 5.55. The second-order valence-electron chi connectivity index (χ2n) is 4.86. The fourth-order valence-electron chi connectivity index (χ4n) is 1.96. The molecule has 3 heteroatoms. The minimum atomic E-state index is -0.0787. The standard InChI is InChI=1S/C19H18O3/c20-17(11-13-18(21)15-7-3-1-4-8-15)12-14-19(22)16-9-5-2-6-10-16/h1-10,13-14,21-22H,11-12H2. The van der Waals surface area contributed by atoms with Crippen LogP contribution in [0.3, 0.4) is 0 Å². The van der Waals surface area contributed by atoms with Gasteiger partial charge in [0.2, 0.25) is 0 Å². The van der Waals surface area contributed by atoms with Gasteiger partial charge in [0.15, 0.2) is 0 Å². The Hall–Kier alpha value is -2.81. The van der Waals surface area contributed by atoms with Gasteiger partial charge in [-0.25, -0.2) is 0 Å². The summed E-state index contributed by atoms with van der Waals surface area (Å²) in [5.41, 5.74) is 1.36. The fraction of sp³-hybridized carbons (Fsp3) is 0.105. The number of Topliss-reactive ketones (excluding diaryl/α,β-unsaturated/α-hetero) is 1. The van der Waals surface area contributed by atoms with E-state index in [0.717, 1.165) is 0 Å². The molecule has 2 aromatic rings. The van der Waals surface area contributed by atoms with Crippen molar-refractivity contribution in [2.24, 2.45) is 0 Å². The first-order valence-electron chi connectivity index (χ1n) is 7.07. The molecule has 0 aliphatic carbocycles. The Morgan fingerprint density at radius 3 is 1.45 bits per heavy atom. The number of hydrogen-bond acceptors (Lipinski definition) is 3. The topological polar surface area (TPSA) is 57.5 Å². The van der Waals surface area contributed by atoms with Gasteiger partial charge in [-0.2, -0.15) is 0 Å². The summed E-state index contributed by atoms with van der Waals surface area (Å²) in [7, 11) is 0. The van der Waals surface area contributed by atoms with E-state index in [1.165, 1.54) is 12.2 Å². The Labute approximate surface area is 129 Å². The molecule has 2 N–H and O–H groups in total. The van der Waals surface area contributed by atoms with Crippen LogP contribution in [0.1, 0.15) is 24.0 Å². The van der Waals surface area contributed by atoms with Crippen molar-refractivity contribution in [2.75, 3.05) is 0 Å². The summed E-state index contributed by atoms with van der Waals surface area (Å²) < 4.78 is 0. The summed E-state index contributed by atoms with van der Waals surface area (Å²) in [4.78, 5) is 11.8. The lowest BCUT2D eigenvalue weighted by Crippen LogP contribution is -1.95. The lowest BCUT2D eigenvalue weighted by Gasteiger charge is -2.01. The first kappa shape index (κ1) is 15.6. The van der Waals surface area contributed by atoms with Crippen molar-refractivity contribution >= 4 is 17.3 Å². The number of benzene rings is 2. The van der Waals surface area contributed by atoms with Crippen LogP contribution in [0, 0.1) is 0 Å². The number of rotatable bonds is 6. The molecule has 0 heterocycles. The zero-order chi connectivity index (χ0) is 15.8. The maximum Gasteiger partial charge on any atom is 0.140 e. The molecule has 0 saturated carbocycles. The summed E-state index contributed by atoms with van der Waals surface area (Å²) in [6, 6.07) is 18.1. The molecule has 0 unspecified atom stereocenters. The molecule has 2 rings (SSSR count). The van der Waals surface area contributed by atoms with E-state index >= 15 is 0 Å². The molecule has 0 aromatic heterocycles. The van der Waals surface area contributed by atoms with Crippen LogP contribution < -0.4 is 0 Å². The highest BCUT2D eigenvalue weighted by molar-refractivity contribution is 5.83. The van der Waals surface area contributed by atoms with Crippen LogP contribution in [0.2, 0.25) is 0 Å². The minimum absolute atomic E-state index is 0.0787. The monoisotopic (exact) mass is 294 g/mol. The molecule has 0 aliphatic rings. The van der Waals surface area contributed by atoms with Gasteiger partial charge < -0.3 is 10.2 Å². The normalized spacial score (nSPS) is 12.2. The second kappa shape index (κ2) is 7.84. The highest BCUT2D eigenvalue weighted by Gasteiger charge is 2.03. The SMILES string of the molecule is O=C(CC=C(O)c1ccccc1)CC=C(O)c1ccccc1. The summed E-state index contributed by atoms with van der Waals surface area (Å²) in [6.45, 7) is 0. The van der Waals surface area contributed by atoms with Crippen molar-refractivity contribution in [3.8, 4) is 0 Å². The molecule has 0 atom stereocenters. The molecule has 22 heavy (non-hydrogen) atoms. The maximum atomic E-state index is 11.8. The van der Waals surface area contributed by atoms with Gasteiger partial charge in [-0.15, -0.1) is 0 Å². The van der Waals surface area contributed by atoms with Crippen LogP contribution in [0.15, 0.2) is 72.8 Å². The number of carbonyl (C=O) groups excluding carboxylic acids is 1. The number of aliphatic hydroxyl groups is 2. The summed E-state index contributed by atoms with van der Waals surface area (Å²) in [5.74, 6) is 0.0976. The third-order valence-electron chi connectivity index (χ3n) is 3.19. The van der Waals surface area contributed by atoms with E-state index in [1.807, 2.05) is 36.4 Å². The van der Waals surface area contributed by atoms with Crippen LogP contribution >= 0.6 is 0 Å². The van der Waals surface area contributed by atoms with E-state index in [9.17, 15) is 15.0 Å². The summed E-state index contributed by atoms with van der Waals surface area (Å²) in [5, 5.41) is 19.7. The molecule has 3 nitrogen and oxygen atoms in total. The lowest BCUT2D eigenvalue weighted by atomic mass is 10.1. The van der Waals surface area contributed by atoms with E-state index in [2.05, 4.69) is 0 Å². The average Bonchev–Trinajstić information content (AvgIpc) is 2.59. The largest absolute Gasteiger partial charge is 0.508 e. The third-order valence-corrected chi connectivity index (χ3v) is 3.19. The molecule has 112 valence electrons. The van der Waals surface area contributed by atoms with E-state index in [1.54, 1.807) is 24.3 Å². The molecular formula is C19H18O3. The predicted octanol–water partition coefficient (Wildman–Crippen LogP) is 4.53. The van der Waals surface area contributed by atoms with Gasteiger partial charge in [-0.3, -0.25) is 4.79 Å². The van der Waals surface area contributed by atoms with Crippen LogP contribution in [-0.2, 0) is 4.79 Å². The molecule has 0 amide bonds. The minimum Gasteiger partial charge on any atom is -0.508 e. The van der Waals surface area contributed by atoms with Gasteiger partial charge in [0.05, 0.1) is 0 Å². The number of ketones is 1. The van der Waals surface area contributed by atoms with Crippen molar-refractivity contribution < 1.29 is 15.0 Å². The molecule has 0 fully saturated rings. The summed E-state index contributed by atoms with van der Waals surface area (Å²) >= 11 is 0. The molecule has 0 bridgehead atoms.